The van der Waals surface area contributed by atoms with Crippen LogP contribution in [0.5, 0.6) is 0 Å². The lowest BCUT2D eigenvalue weighted by atomic mass is 10.6. The predicted octanol–water partition coefficient (Wildman–Crippen LogP) is 3.01. The summed E-state index contributed by atoms with van der Waals surface area (Å²) in [5.41, 5.74) is 0. The molecule has 1 aromatic rings. The van der Waals surface area contributed by atoms with Crippen molar-refractivity contribution < 1.29 is 0 Å². The van der Waals surface area contributed by atoms with Crippen LogP contribution in [0.2, 0.25) is 0 Å². The Morgan fingerprint density at radius 2 is 2.55 bits per heavy atom. The highest BCUT2D eigenvalue weighted by Crippen LogP contribution is 2.14. The first kappa shape index (κ1) is 9.36. The molecule has 1 heterocycles. The van der Waals surface area contributed by atoms with Gasteiger partial charge in [-0.25, -0.2) is 4.98 Å². The molecule has 0 saturated carbocycles. The van der Waals surface area contributed by atoms with Gasteiger partial charge in [-0.3, -0.25) is 0 Å². The van der Waals surface area contributed by atoms with Crippen LogP contribution in [0.15, 0.2) is 11.6 Å². The van der Waals surface area contributed by atoms with Gasteiger partial charge in [0.2, 0.25) is 0 Å². The van der Waals surface area contributed by atoms with Crippen molar-refractivity contribution in [1.82, 2.24) is 4.98 Å². The lowest BCUT2D eigenvalue weighted by Gasteiger charge is -1.94. The van der Waals surface area contributed by atoms with E-state index in [2.05, 4.69) is 4.98 Å². The highest BCUT2D eigenvalue weighted by atomic mass is 35.5. The van der Waals surface area contributed by atoms with Crippen molar-refractivity contribution in [3.8, 4) is 0 Å². The molecule has 1 nitrogen and oxygen atoms in total. The van der Waals surface area contributed by atoms with Crippen LogP contribution in [0.1, 0.15) is 11.4 Å². The quantitative estimate of drug-likeness (QED) is 0.544. The van der Waals surface area contributed by atoms with Gasteiger partial charge in [-0.05, 0) is 12.2 Å². The third-order valence-corrected chi connectivity index (χ3v) is 3.42. The Morgan fingerprint density at radius 1 is 1.64 bits per heavy atom. The SMILES string of the molecule is ClCCCSCc1nccs1. The summed E-state index contributed by atoms with van der Waals surface area (Å²) in [6, 6.07) is 0. The van der Waals surface area contributed by atoms with Crippen LogP contribution in [0.25, 0.3) is 0 Å². The second-order valence-electron chi connectivity index (χ2n) is 2.02. The van der Waals surface area contributed by atoms with Crippen LogP contribution in [0, 0.1) is 0 Å². The summed E-state index contributed by atoms with van der Waals surface area (Å²) in [6.07, 6.45) is 2.94. The van der Waals surface area contributed by atoms with Crippen LogP contribution in [0.4, 0.5) is 0 Å². The Morgan fingerprint density at radius 3 is 3.18 bits per heavy atom. The number of thiazole rings is 1. The van der Waals surface area contributed by atoms with Crippen molar-refractivity contribution >= 4 is 34.7 Å². The summed E-state index contributed by atoms with van der Waals surface area (Å²) in [4.78, 5) is 4.18. The van der Waals surface area contributed by atoms with Gasteiger partial charge in [-0.15, -0.1) is 22.9 Å². The zero-order valence-electron chi connectivity index (χ0n) is 6.12. The van der Waals surface area contributed by atoms with E-state index in [-0.39, 0.29) is 0 Å². The normalized spacial score (nSPS) is 10.3. The topological polar surface area (TPSA) is 12.9 Å². The minimum Gasteiger partial charge on any atom is -0.249 e. The molecule has 11 heavy (non-hydrogen) atoms. The minimum absolute atomic E-state index is 0.769. The first-order valence-corrected chi connectivity index (χ1v) is 6.02. The molecule has 0 atom stereocenters. The van der Waals surface area contributed by atoms with E-state index in [1.807, 2.05) is 23.3 Å². The van der Waals surface area contributed by atoms with E-state index in [1.54, 1.807) is 11.3 Å². The highest BCUT2D eigenvalue weighted by Gasteiger charge is 1.94. The maximum Gasteiger partial charge on any atom is 0.102 e. The van der Waals surface area contributed by atoms with Crippen LogP contribution in [-0.4, -0.2) is 16.6 Å². The predicted molar refractivity (Wildman–Crippen MR) is 53.6 cm³/mol. The Bertz CT molecular complexity index is 177. The molecule has 0 aliphatic carbocycles. The van der Waals surface area contributed by atoms with Gasteiger partial charge in [0.25, 0.3) is 0 Å². The van der Waals surface area contributed by atoms with E-state index in [0.717, 1.165) is 23.8 Å². The van der Waals surface area contributed by atoms with E-state index >= 15 is 0 Å². The zero-order chi connectivity index (χ0) is 7.94. The molecular weight excluding hydrogens is 198 g/mol. The fourth-order valence-corrected chi connectivity index (χ4v) is 2.60. The van der Waals surface area contributed by atoms with Crippen molar-refractivity contribution in [2.75, 3.05) is 11.6 Å². The number of halogens is 1. The fourth-order valence-electron chi connectivity index (χ4n) is 0.640. The number of hydrogen-bond donors (Lipinski definition) is 0. The first-order chi connectivity index (χ1) is 5.43. The number of thioether (sulfide) groups is 1. The van der Waals surface area contributed by atoms with Crippen LogP contribution >= 0.6 is 34.7 Å². The van der Waals surface area contributed by atoms with E-state index in [4.69, 9.17) is 11.6 Å². The van der Waals surface area contributed by atoms with Crippen LogP contribution < -0.4 is 0 Å². The lowest BCUT2D eigenvalue weighted by molar-refractivity contribution is 1.11. The molecule has 1 rings (SSSR count). The zero-order valence-corrected chi connectivity index (χ0v) is 8.51. The van der Waals surface area contributed by atoms with Gasteiger partial charge in [0, 0.05) is 23.2 Å². The summed E-state index contributed by atoms with van der Waals surface area (Å²) in [5.74, 6) is 2.95. The van der Waals surface area contributed by atoms with Crippen molar-refractivity contribution in [3.05, 3.63) is 16.6 Å². The molecule has 0 unspecified atom stereocenters. The van der Waals surface area contributed by atoms with E-state index in [9.17, 15) is 0 Å². The molecule has 1 aromatic heterocycles. The molecule has 0 radical (unpaired) electrons. The molecule has 0 aromatic carbocycles. The molecule has 0 aliphatic rings. The molecule has 0 spiro atoms. The number of hydrogen-bond acceptors (Lipinski definition) is 3. The number of nitrogens with zero attached hydrogens (tertiary/aromatic N) is 1. The Hall–Kier alpha value is 0.270. The molecule has 0 N–H and O–H groups in total. The molecule has 0 amide bonds. The maximum absolute atomic E-state index is 5.54. The Labute approximate surface area is 80.2 Å². The number of rotatable bonds is 5. The lowest BCUT2D eigenvalue weighted by Crippen LogP contribution is -1.82. The molecule has 0 bridgehead atoms. The fraction of sp³-hybridized carbons (Fsp3) is 0.571. The summed E-state index contributed by atoms with van der Waals surface area (Å²) in [5, 5.41) is 3.22. The van der Waals surface area contributed by atoms with Crippen LogP contribution in [0.3, 0.4) is 0 Å². The maximum atomic E-state index is 5.54. The van der Waals surface area contributed by atoms with E-state index in [1.165, 1.54) is 5.01 Å². The van der Waals surface area contributed by atoms with E-state index < -0.39 is 0 Å². The third-order valence-electron chi connectivity index (χ3n) is 1.13. The first-order valence-electron chi connectivity index (χ1n) is 3.45. The van der Waals surface area contributed by atoms with Crippen molar-refractivity contribution in [2.45, 2.75) is 12.2 Å². The molecule has 62 valence electrons. The third kappa shape index (κ3) is 3.99. The average Bonchev–Trinajstić information content (AvgIpc) is 2.50. The van der Waals surface area contributed by atoms with Gasteiger partial charge in [0.15, 0.2) is 0 Å². The molecule has 0 saturated heterocycles. The second kappa shape index (κ2) is 5.86. The second-order valence-corrected chi connectivity index (χ2v) is 4.48. The van der Waals surface area contributed by atoms with Crippen molar-refractivity contribution in [1.29, 1.82) is 0 Å². The molecular formula is C7H10ClNS2. The number of aromatic nitrogens is 1. The van der Waals surface area contributed by atoms with Gasteiger partial charge < -0.3 is 0 Å². The van der Waals surface area contributed by atoms with Crippen molar-refractivity contribution in [3.63, 3.8) is 0 Å². The standard InChI is InChI=1S/C7H10ClNS2/c8-2-1-4-10-6-7-9-3-5-11-7/h3,5H,1-2,4,6H2. The summed E-state index contributed by atoms with van der Waals surface area (Å²) in [6.45, 7) is 0. The average molecular weight is 208 g/mol. The van der Waals surface area contributed by atoms with Gasteiger partial charge in [-0.1, -0.05) is 0 Å². The highest BCUT2D eigenvalue weighted by molar-refractivity contribution is 7.98. The van der Waals surface area contributed by atoms with Crippen molar-refractivity contribution in [2.24, 2.45) is 0 Å². The van der Waals surface area contributed by atoms with Crippen LogP contribution in [-0.2, 0) is 5.75 Å². The van der Waals surface area contributed by atoms with Gasteiger partial charge >= 0.3 is 0 Å². The Balaban J connectivity index is 2.04. The largest absolute Gasteiger partial charge is 0.249 e. The van der Waals surface area contributed by atoms with E-state index in [0.29, 0.717) is 0 Å². The minimum atomic E-state index is 0.769. The molecule has 0 aliphatic heterocycles. The molecule has 0 fully saturated rings. The molecule has 4 heteroatoms. The van der Waals surface area contributed by atoms with Gasteiger partial charge in [0.1, 0.15) is 5.01 Å². The Kier molecular flexibility index (Phi) is 4.99. The smallest absolute Gasteiger partial charge is 0.102 e. The monoisotopic (exact) mass is 207 g/mol. The summed E-state index contributed by atoms with van der Waals surface area (Å²) < 4.78 is 0. The number of alkyl halides is 1. The van der Waals surface area contributed by atoms with Gasteiger partial charge in [0.05, 0.1) is 0 Å². The summed E-state index contributed by atoms with van der Waals surface area (Å²) >= 11 is 9.15. The summed E-state index contributed by atoms with van der Waals surface area (Å²) in [7, 11) is 0. The van der Waals surface area contributed by atoms with Gasteiger partial charge in [-0.2, -0.15) is 11.8 Å².